The number of hydrogen-bond donors (Lipinski definition) is 1. The number of likely N-dealkylation sites (tertiary alicyclic amines) is 1. The highest BCUT2D eigenvalue weighted by atomic mass is 16.5. The maximum atomic E-state index is 12.7. The van der Waals surface area contributed by atoms with Crippen molar-refractivity contribution < 1.29 is 9.32 Å². The Kier molecular flexibility index (Phi) is 4.78. The van der Waals surface area contributed by atoms with Gasteiger partial charge in [0.2, 0.25) is 5.76 Å². The average molecular weight is 330 g/mol. The van der Waals surface area contributed by atoms with E-state index in [1.807, 2.05) is 0 Å². The van der Waals surface area contributed by atoms with E-state index >= 15 is 0 Å². The van der Waals surface area contributed by atoms with E-state index in [-0.39, 0.29) is 23.3 Å². The number of aromatic amines is 1. The Morgan fingerprint density at radius 2 is 2.33 bits per heavy atom. The average Bonchev–Trinajstić information content (AvgIpc) is 3.02. The van der Waals surface area contributed by atoms with Crippen molar-refractivity contribution in [3.8, 4) is 0 Å². The molecule has 1 N–H and O–H groups in total. The third-order valence-electron chi connectivity index (χ3n) is 4.23. The quantitative estimate of drug-likeness (QED) is 0.925. The van der Waals surface area contributed by atoms with Gasteiger partial charge in [-0.15, -0.1) is 0 Å². The van der Waals surface area contributed by atoms with Crippen LogP contribution < -0.4 is 5.69 Å². The molecule has 3 rings (SSSR count). The first-order valence-corrected chi connectivity index (χ1v) is 8.33. The fourth-order valence-corrected chi connectivity index (χ4v) is 3.12. The summed E-state index contributed by atoms with van der Waals surface area (Å²) in [7, 11) is 0. The smallest absolute Gasteiger partial charge is 0.345 e. The topological polar surface area (TPSA) is 92.1 Å². The minimum absolute atomic E-state index is 0.108. The number of carbonyl (C=O) groups is 1. The van der Waals surface area contributed by atoms with Crippen LogP contribution in [0.3, 0.4) is 0 Å². The van der Waals surface area contributed by atoms with Crippen LogP contribution in [-0.4, -0.2) is 39.0 Å². The van der Waals surface area contributed by atoms with Gasteiger partial charge in [-0.25, -0.2) is 9.78 Å². The largest absolute Gasteiger partial charge is 0.351 e. The molecular weight excluding hydrogens is 308 g/mol. The molecule has 0 aliphatic carbocycles. The van der Waals surface area contributed by atoms with Crippen molar-refractivity contribution in [1.82, 2.24) is 20.0 Å². The van der Waals surface area contributed by atoms with Gasteiger partial charge in [0, 0.05) is 37.0 Å². The summed E-state index contributed by atoms with van der Waals surface area (Å²) in [6.07, 6.45) is 4.10. The summed E-state index contributed by atoms with van der Waals surface area (Å²) < 4.78 is 5.23. The van der Waals surface area contributed by atoms with Crippen LogP contribution in [0, 0.1) is 5.92 Å². The summed E-state index contributed by atoms with van der Waals surface area (Å²) >= 11 is 0. The number of nitrogens with zero attached hydrogens (tertiary/aromatic N) is 3. The molecule has 1 amide bonds. The van der Waals surface area contributed by atoms with Gasteiger partial charge in [0.15, 0.2) is 0 Å². The number of rotatable bonds is 4. The molecule has 7 heteroatoms. The lowest BCUT2D eigenvalue weighted by Crippen LogP contribution is -2.39. The second-order valence-electron chi connectivity index (χ2n) is 6.70. The van der Waals surface area contributed by atoms with Gasteiger partial charge in [0.1, 0.15) is 0 Å². The minimum Gasteiger partial charge on any atom is -0.351 e. The fraction of sp³-hybridized carbons (Fsp3) is 0.529. The van der Waals surface area contributed by atoms with Crippen LogP contribution in [0.15, 0.2) is 27.6 Å². The van der Waals surface area contributed by atoms with Crippen molar-refractivity contribution in [2.75, 3.05) is 13.1 Å². The molecule has 0 bridgehead atoms. The second kappa shape index (κ2) is 6.98. The van der Waals surface area contributed by atoms with Crippen molar-refractivity contribution >= 4 is 5.91 Å². The maximum Gasteiger partial charge on any atom is 0.345 e. The van der Waals surface area contributed by atoms with Crippen LogP contribution in [0.4, 0.5) is 0 Å². The molecule has 1 saturated heterocycles. The summed E-state index contributed by atoms with van der Waals surface area (Å²) in [5, 5.41) is 3.98. The molecule has 0 saturated carbocycles. The van der Waals surface area contributed by atoms with Crippen LogP contribution in [0.2, 0.25) is 0 Å². The van der Waals surface area contributed by atoms with Crippen LogP contribution in [-0.2, 0) is 6.42 Å². The summed E-state index contributed by atoms with van der Waals surface area (Å²) in [4.78, 5) is 32.2. The lowest BCUT2D eigenvalue weighted by Gasteiger charge is -2.31. The first kappa shape index (κ1) is 16.4. The molecule has 1 fully saturated rings. The van der Waals surface area contributed by atoms with Crippen LogP contribution in [0.1, 0.15) is 54.5 Å². The number of amides is 1. The van der Waals surface area contributed by atoms with Gasteiger partial charge in [0.05, 0.1) is 5.69 Å². The number of hydrogen-bond acceptors (Lipinski definition) is 5. The van der Waals surface area contributed by atoms with Gasteiger partial charge in [-0.05, 0) is 31.2 Å². The first-order chi connectivity index (χ1) is 11.5. The number of H-pyrrole nitrogens is 1. The highest BCUT2D eigenvalue weighted by molar-refractivity contribution is 5.91. The number of nitrogens with one attached hydrogen (secondary N) is 1. The van der Waals surface area contributed by atoms with Crippen molar-refractivity contribution in [2.24, 2.45) is 5.92 Å². The van der Waals surface area contributed by atoms with Crippen molar-refractivity contribution in [3.05, 3.63) is 46.0 Å². The molecule has 1 atom stereocenters. The standard InChI is InChI=1S/C17H22N4O3/c1-11(2)8-13-9-15(24-20-13)16(22)21-7-3-4-12(10-21)14-5-6-18-17(23)19-14/h5-6,9,11-12H,3-4,7-8,10H2,1-2H3,(H,18,19,23)/t12-/m0/s1. The number of aromatic nitrogens is 3. The van der Waals surface area contributed by atoms with E-state index in [2.05, 4.69) is 29.0 Å². The van der Waals surface area contributed by atoms with Crippen molar-refractivity contribution in [3.63, 3.8) is 0 Å². The van der Waals surface area contributed by atoms with Crippen LogP contribution in [0.25, 0.3) is 0 Å². The third kappa shape index (κ3) is 3.72. The predicted octanol–water partition coefficient (Wildman–Crippen LogP) is 1.98. The van der Waals surface area contributed by atoms with Gasteiger partial charge >= 0.3 is 5.69 Å². The normalized spacial score (nSPS) is 18.1. The van der Waals surface area contributed by atoms with Gasteiger partial charge in [-0.2, -0.15) is 0 Å². The lowest BCUT2D eigenvalue weighted by molar-refractivity contribution is 0.0663. The molecule has 24 heavy (non-hydrogen) atoms. The molecule has 3 heterocycles. The molecule has 7 nitrogen and oxygen atoms in total. The van der Waals surface area contributed by atoms with E-state index in [1.165, 1.54) is 6.20 Å². The molecule has 0 unspecified atom stereocenters. The predicted molar refractivity (Wildman–Crippen MR) is 87.8 cm³/mol. The molecular formula is C17H22N4O3. The van der Waals surface area contributed by atoms with E-state index < -0.39 is 0 Å². The highest BCUT2D eigenvalue weighted by Crippen LogP contribution is 2.26. The first-order valence-electron chi connectivity index (χ1n) is 8.33. The molecule has 0 radical (unpaired) electrons. The zero-order chi connectivity index (χ0) is 17.1. The SMILES string of the molecule is CC(C)Cc1cc(C(=O)N2CCC[C@H](c3ccnc(=O)[nH]3)C2)on1. The van der Waals surface area contributed by atoms with Gasteiger partial charge < -0.3 is 14.4 Å². The van der Waals surface area contributed by atoms with E-state index in [1.54, 1.807) is 17.0 Å². The summed E-state index contributed by atoms with van der Waals surface area (Å²) in [5.74, 6) is 0.713. The summed E-state index contributed by atoms with van der Waals surface area (Å²) in [6, 6.07) is 3.54. The molecule has 1 aliphatic rings. The Bertz CT molecular complexity index is 765. The fourth-order valence-electron chi connectivity index (χ4n) is 3.12. The Balaban J connectivity index is 1.71. The van der Waals surface area contributed by atoms with E-state index in [9.17, 15) is 9.59 Å². The number of carbonyl (C=O) groups excluding carboxylic acids is 1. The molecule has 128 valence electrons. The molecule has 2 aromatic rings. The second-order valence-corrected chi connectivity index (χ2v) is 6.70. The summed E-state index contributed by atoms with van der Waals surface area (Å²) in [6.45, 7) is 5.44. The van der Waals surface area contributed by atoms with Gasteiger partial charge in [-0.1, -0.05) is 19.0 Å². The maximum absolute atomic E-state index is 12.7. The van der Waals surface area contributed by atoms with Crippen LogP contribution in [0.5, 0.6) is 0 Å². The van der Waals surface area contributed by atoms with E-state index in [0.29, 0.717) is 19.0 Å². The highest BCUT2D eigenvalue weighted by Gasteiger charge is 2.28. The van der Waals surface area contributed by atoms with E-state index in [0.717, 1.165) is 30.7 Å². The van der Waals surface area contributed by atoms with Gasteiger partial charge in [0.25, 0.3) is 5.91 Å². The van der Waals surface area contributed by atoms with Crippen molar-refractivity contribution in [2.45, 2.75) is 39.0 Å². The Hall–Kier alpha value is -2.44. The lowest BCUT2D eigenvalue weighted by atomic mass is 9.94. The number of piperidine rings is 1. The van der Waals surface area contributed by atoms with E-state index in [4.69, 9.17) is 4.52 Å². The third-order valence-corrected chi connectivity index (χ3v) is 4.23. The summed E-state index contributed by atoms with van der Waals surface area (Å²) in [5.41, 5.74) is 1.27. The molecule has 2 aromatic heterocycles. The molecule has 0 spiro atoms. The molecule has 0 aromatic carbocycles. The Morgan fingerprint density at radius 3 is 3.08 bits per heavy atom. The zero-order valence-corrected chi connectivity index (χ0v) is 14.0. The monoisotopic (exact) mass is 330 g/mol. The van der Waals surface area contributed by atoms with Crippen molar-refractivity contribution in [1.29, 1.82) is 0 Å². The minimum atomic E-state index is -0.357. The Labute approximate surface area is 140 Å². The Morgan fingerprint density at radius 1 is 1.50 bits per heavy atom. The zero-order valence-electron chi connectivity index (χ0n) is 14.0. The van der Waals surface area contributed by atoms with Crippen LogP contribution >= 0.6 is 0 Å². The molecule has 1 aliphatic heterocycles. The van der Waals surface area contributed by atoms with Gasteiger partial charge in [-0.3, -0.25) is 4.79 Å².